The Morgan fingerprint density at radius 1 is 0.333 bits per heavy atom. The molecule has 0 aliphatic rings. The summed E-state index contributed by atoms with van der Waals surface area (Å²) in [7, 11) is 1.72. The van der Waals surface area contributed by atoms with Crippen LogP contribution in [0.5, 0.6) is 5.75 Å². The summed E-state index contributed by atoms with van der Waals surface area (Å²) in [5.41, 5.74) is 15.5. The van der Waals surface area contributed by atoms with E-state index in [4.69, 9.17) is 4.74 Å². The van der Waals surface area contributed by atoms with E-state index >= 15 is 0 Å². The van der Waals surface area contributed by atoms with Gasteiger partial charge in [-0.15, -0.1) is 0 Å². The maximum Gasteiger partial charge on any atom is 0.143 e. The molecule has 0 radical (unpaired) electrons. The zero-order valence-corrected chi connectivity index (χ0v) is 33.4. The van der Waals surface area contributed by atoms with Crippen molar-refractivity contribution in [2.45, 2.75) is 6.61 Å². The Morgan fingerprint density at radius 2 is 0.700 bits per heavy atom. The Bertz CT molecular complexity index is 2830. The molecular formula is C56H44N2O2. The van der Waals surface area contributed by atoms with Crippen LogP contribution in [0.15, 0.2) is 231 Å². The molecule has 0 fully saturated rings. The molecule has 0 aliphatic heterocycles. The van der Waals surface area contributed by atoms with Crippen molar-refractivity contribution < 1.29 is 9.84 Å². The van der Waals surface area contributed by atoms with Gasteiger partial charge in [0, 0.05) is 28.3 Å². The molecular weight excluding hydrogens is 733 g/mol. The normalized spacial score (nSPS) is 10.9. The lowest BCUT2D eigenvalue weighted by atomic mass is 9.99. The van der Waals surface area contributed by atoms with Crippen LogP contribution in [-0.2, 0) is 6.61 Å². The fraction of sp³-hybridized carbons (Fsp3) is 0.0357. The van der Waals surface area contributed by atoms with Crippen LogP contribution < -0.4 is 14.5 Å². The Labute approximate surface area is 352 Å². The van der Waals surface area contributed by atoms with Crippen LogP contribution in [0.2, 0.25) is 0 Å². The average molecular weight is 777 g/mol. The summed E-state index contributed by atoms with van der Waals surface area (Å²) < 4.78 is 6.17. The van der Waals surface area contributed by atoms with Crippen molar-refractivity contribution in [1.29, 1.82) is 0 Å². The van der Waals surface area contributed by atoms with Crippen molar-refractivity contribution in [3.8, 4) is 50.3 Å². The number of hydrogen-bond donors (Lipinski definition) is 1. The lowest BCUT2D eigenvalue weighted by Crippen LogP contribution is -2.12. The highest BCUT2D eigenvalue weighted by molar-refractivity contribution is 5.87. The van der Waals surface area contributed by atoms with Crippen molar-refractivity contribution in [2.75, 3.05) is 16.9 Å². The van der Waals surface area contributed by atoms with Crippen molar-refractivity contribution in [2.24, 2.45) is 0 Å². The summed E-state index contributed by atoms with van der Waals surface area (Å²) in [6.07, 6.45) is 0. The van der Waals surface area contributed by atoms with E-state index in [-0.39, 0.29) is 6.61 Å². The molecule has 290 valence electrons. The van der Waals surface area contributed by atoms with Gasteiger partial charge < -0.3 is 19.6 Å². The highest BCUT2D eigenvalue weighted by Gasteiger charge is 2.21. The molecule has 4 heteroatoms. The SMILES string of the molecule is COc1cc(-c2ccc(N(c3ccc(-c4ccccc4)cc3)c3cccc(-c4ccccc4)c3)c(CO)c2)ccc1N(c1ccccc1)c1cccc(-c2ccccc2)c1. The van der Waals surface area contributed by atoms with Crippen molar-refractivity contribution >= 4 is 34.1 Å². The minimum absolute atomic E-state index is 0.144. The molecule has 4 nitrogen and oxygen atoms in total. The van der Waals surface area contributed by atoms with Gasteiger partial charge in [0.1, 0.15) is 5.75 Å². The predicted molar refractivity (Wildman–Crippen MR) is 250 cm³/mol. The molecule has 0 bridgehead atoms. The largest absolute Gasteiger partial charge is 0.495 e. The molecule has 0 spiro atoms. The molecule has 0 saturated heterocycles. The van der Waals surface area contributed by atoms with Gasteiger partial charge >= 0.3 is 0 Å². The standard InChI is InChI=1S/C56H44N2O2/c1-60-56-39-48(31-35-55(56)58(50-24-12-5-13-25-50)53-27-15-23-46(38-53)43-20-10-4-11-21-43)47-30-34-54(49(36-47)40-59)57(51-32-28-44(29-33-51)41-16-6-2-7-17-41)52-26-14-22-45(37-52)42-18-8-3-9-19-42/h2-39,59H,40H2,1H3. The highest BCUT2D eigenvalue weighted by atomic mass is 16.5. The first kappa shape index (κ1) is 37.9. The first-order valence-electron chi connectivity index (χ1n) is 20.2. The fourth-order valence-electron chi connectivity index (χ4n) is 7.93. The third kappa shape index (κ3) is 7.93. The van der Waals surface area contributed by atoms with E-state index < -0.39 is 0 Å². The summed E-state index contributed by atoms with van der Waals surface area (Å²) in [4.78, 5) is 4.48. The molecule has 9 aromatic rings. The van der Waals surface area contributed by atoms with E-state index in [1.165, 1.54) is 0 Å². The molecule has 0 aromatic heterocycles. The van der Waals surface area contributed by atoms with Crippen molar-refractivity contribution in [3.63, 3.8) is 0 Å². The van der Waals surface area contributed by atoms with Crippen LogP contribution in [0.3, 0.4) is 0 Å². The van der Waals surface area contributed by atoms with Gasteiger partial charge in [0.05, 0.1) is 25.1 Å². The number of nitrogens with zero attached hydrogens (tertiary/aromatic N) is 2. The maximum absolute atomic E-state index is 11.1. The second-order valence-electron chi connectivity index (χ2n) is 14.6. The minimum atomic E-state index is -0.144. The lowest BCUT2D eigenvalue weighted by Gasteiger charge is -2.29. The number of benzene rings is 9. The fourth-order valence-corrected chi connectivity index (χ4v) is 7.93. The van der Waals surface area contributed by atoms with E-state index in [0.717, 1.165) is 89.9 Å². The van der Waals surface area contributed by atoms with Crippen LogP contribution in [0, 0.1) is 0 Å². The minimum Gasteiger partial charge on any atom is -0.495 e. The molecule has 0 heterocycles. The number of hydrogen-bond acceptors (Lipinski definition) is 4. The van der Waals surface area contributed by atoms with Gasteiger partial charge in [0.15, 0.2) is 0 Å². The van der Waals surface area contributed by atoms with Crippen LogP contribution >= 0.6 is 0 Å². The van der Waals surface area contributed by atoms with Gasteiger partial charge in [-0.05, 0) is 117 Å². The summed E-state index contributed by atoms with van der Waals surface area (Å²) in [5.74, 6) is 0.731. The predicted octanol–water partition coefficient (Wildman–Crippen LogP) is 14.8. The van der Waals surface area contributed by atoms with E-state index in [1.54, 1.807) is 7.11 Å². The first-order valence-corrected chi connectivity index (χ1v) is 20.2. The summed E-state index contributed by atoms with van der Waals surface area (Å²) in [5, 5.41) is 11.1. The Morgan fingerprint density at radius 3 is 1.22 bits per heavy atom. The smallest absolute Gasteiger partial charge is 0.143 e. The summed E-state index contributed by atoms with van der Waals surface area (Å²) in [6, 6.07) is 80.2. The molecule has 9 rings (SSSR count). The van der Waals surface area contributed by atoms with Gasteiger partial charge in [-0.25, -0.2) is 0 Å². The zero-order chi connectivity index (χ0) is 40.7. The van der Waals surface area contributed by atoms with Gasteiger partial charge in [0.25, 0.3) is 0 Å². The molecule has 60 heavy (non-hydrogen) atoms. The Hall–Kier alpha value is -7.66. The summed E-state index contributed by atoms with van der Waals surface area (Å²) in [6.45, 7) is -0.144. The maximum atomic E-state index is 11.1. The number of rotatable bonds is 12. The van der Waals surface area contributed by atoms with Crippen LogP contribution in [0.25, 0.3) is 44.5 Å². The molecule has 0 unspecified atom stereocenters. The third-order valence-electron chi connectivity index (χ3n) is 10.9. The van der Waals surface area contributed by atoms with E-state index in [2.05, 4.69) is 216 Å². The molecule has 9 aromatic carbocycles. The number of anilines is 6. The molecule has 1 N–H and O–H groups in total. The second kappa shape index (κ2) is 17.5. The highest BCUT2D eigenvalue weighted by Crippen LogP contribution is 2.44. The van der Waals surface area contributed by atoms with Crippen LogP contribution in [0.1, 0.15) is 5.56 Å². The number of aliphatic hydroxyl groups excluding tert-OH is 1. The second-order valence-corrected chi connectivity index (χ2v) is 14.6. The number of aliphatic hydroxyl groups is 1. The van der Waals surface area contributed by atoms with Gasteiger partial charge in [0.2, 0.25) is 0 Å². The third-order valence-corrected chi connectivity index (χ3v) is 10.9. The quantitative estimate of drug-likeness (QED) is 0.134. The van der Waals surface area contributed by atoms with E-state index in [0.29, 0.717) is 0 Å². The number of ether oxygens (including phenoxy) is 1. The molecule has 0 amide bonds. The lowest BCUT2D eigenvalue weighted by molar-refractivity contribution is 0.282. The average Bonchev–Trinajstić information content (AvgIpc) is 3.33. The van der Waals surface area contributed by atoms with Gasteiger partial charge in [-0.1, -0.05) is 158 Å². The number of methoxy groups -OCH3 is 1. The van der Waals surface area contributed by atoms with Gasteiger partial charge in [-0.3, -0.25) is 0 Å². The van der Waals surface area contributed by atoms with Gasteiger partial charge in [-0.2, -0.15) is 0 Å². The Balaban J connectivity index is 1.11. The first-order chi connectivity index (χ1) is 29.7. The van der Waals surface area contributed by atoms with Crippen molar-refractivity contribution in [3.05, 3.63) is 236 Å². The Kier molecular flexibility index (Phi) is 11.0. The molecule has 0 saturated carbocycles. The van der Waals surface area contributed by atoms with E-state index in [1.807, 2.05) is 24.3 Å². The van der Waals surface area contributed by atoms with Crippen LogP contribution in [0.4, 0.5) is 34.1 Å². The van der Waals surface area contributed by atoms with Crippen LogP contribution in [-0.4, -0.2) is 12.2 Å². The summed E-state index contributed by atoms with van der Waals surface area (Å²) >= 11 is 0. The zero-order valence-electron chi connectivity index (χ0n) is 33.4. The molecule has 0 atom stereocenters. The monoisotopic (exact) mass is 776 g/mol. The topological polar surface area (TPSA) is 35.9 Å². The molecule has 0 aliphatic carbocycles. The number of para-hydroxylation sites is 1. The van der Waals surface area contributed by atoms with Crippen molar-refractivity contribution in [1.82, 2.24) is 0 Å². The van der Waals surface area contributed by atoms with E-state index in [9.17, 15) is 5.11 Å².